The molecule has 0 fully saturated rings. The van der Waals surface area contributed by atoms with Crippen LogP contribution >= 0.6 is 0 Å². The number of nitrogens with zero attached hydrogens (tertiary/aromatic N) is 1. The lowest BCUT2D eigenvalue weighted by Gasteiger charge is -2.22. The second-order valence-electron chi connectivity index (χ2n) is 3.75. The Morgan fingerprint density at radius 3 is 3.07 bits per heavy atom. The molecule has 4 heteroatoms. The molecule has 0 spiro atoms. The van der Waals surface area contributed by atoms with Gasteiger partial charge in [0.25, 0.3) is 0 Å². The number of ether oxygens (including phenoxy) is 1. The highest BCUT2D eigenvalue weighted by atomic mass is 16.5. The number of aliphatic hydroxyl groups is 2. The van der Waals surface area contributed by atoms with Crippen LogP contribution in [0.4, 0.5) is 0 Å². The smallest absolute Gasteiger partial charge is 0.125 e. The fraction of sp³-hybridized carbons (Fsp3) is 0.545. The van der Waals surface area contributed by atoms with E-state index in [1.54, 1.807) is 13.2 Å². The zero-order valence-corrected chi connectivity index (χ0v) is 8.73. The molecule has 2 rings (SSSR count). The van der Waals surface area contributed by atoms with Crippen LogP contribution in [-0.2, 0) is 13.0 Å². The Labute approximate surface area is 88.5 Å². The minimum absolute atomic E-state index is 0.129. The quantitative estimate of drug-likeness (QED) is 0.761. The minimum atomic E-state index is -0.519. The van der Waals surface area contributed by atoms with Crippen LogP contribution in [-0.4, -0.2) is 22.3 Å². The van der Waals surface area contributed by atoms with E-state index in [1.807, 2.05) is 0 Å². The summed E-state index contributed by atoms with van der Waals surface area (Å²) >= 11 is 0. The molecule has 4 nitrogen and oxygen atoms in total. The first kappa shape index (κ1) is 10.4. The molecule has 0 aliphatic heterocycles. The lowest BCUT2D eigenvalue weighted by molar-refractivity contribution is 0.149. The van der Waals surface area contributed by atoms with Crippen LogP contribution in [0, 0.1) is 0 Å². The molecule has 1 aromatic rings. The van der Waals surface area contributed by atoms with Crippen molar-refractivity contribution in [2.24, 2.45) is 0 Å². The average Bonchev–Trinajstić information content (AvgIpc) is 2.28. The van der Waals surface area contributed by atoms with Crippen LogP contribution in [0.25, 0.3) is 0 Å². The van der Waals surface area contributed by atoms with Crippen LogP contribution in [0.3, 0.4) is 0 Å². The van der Waals surface area contributed by atoms with Crippen LogP contribution in [0.2, 0.25) is 0 Å². The number of rotatable bonds is 2. The molecular weight excluding hydrogens is 194 g/mol. The van der Waals surface area contributed by atoms with Crippen molar-refractivity contribution in [1.29, 1.82) is 0 Å². The predicted molar refractivity (Wildman–Crippen MR) is 54.6 cm³/mol. The molecule has 0 radical (unpaired) electrons. The van der Waals surface area contributed by atoms with Gasteiger partial charge in [0.2, 0.25) is 0 Å². The first-order chi connectivity index (χ1) is 7.26. The van der Waals surface area contributed by atoms with Crippen LogP contribution in [0.1, 0.15) is 35.9 Å². The van der Waals surface area contributed by atoms with Gasteiger partial charge >= 0.3 is 0 Å². The normalized spacial score (nSPS) is 19.8. The number of methoxy groups -OCH3 is 1. The van der Waals surface area contributed by atoms with Crippen LogP contribution < -0.4 is 4.74 Å². The Bertz CT molecular complexity index is 365. The van der Waals surface area contributed by atoms with Gasteiger partial charge in [-0.15, -0.1) is 0 Å². The maximum atomic E-state index is 9.80. The Morgan fingerprint density at radius 1 is 1.60 bits per heavy atom. The van der Waals surface area contributed by atoms with E-state index in [2.05, 4.69) is 4.98 Å². The van der Waals surface area contributed by atoms with Gasteiger partial charge in [-0.2, -0.15) is 0 Å². The summed E-state index contributed by atoms with van der Waals surface area (Å²) in [6, 6.07) is 1.73. The molecule has 0 bridgehead atoms. The summed E-state index contributed by atoms with van der Waals surface area (Å²) in [5.41, 5.74) is 2.20. The minimum Gasteiger partial charge on any atom is -0.496 e. The summed E-state index contributed by atoms with van der Waals surface area (Å²) in [7, 11) is 1.59. The molecule has 0 saturated carbocycles. The van der Waals surface area contributed by atoms with E-state index in [0.717, 1.165) is 30.6 Å². The molecule has 1 aromatic heterocycles. The van der Waals surface area contributed by atoms with E-state index < -0.39 is 6.10 Å². The van der Waals surface area contributed by atoms with Gasteiger partial charge in [-0.05, 0) is 19.3 Å². The van der Waals surface area contributed by atoms with Crippen molar-refractivity contribution in [3.63, 3.8) is 0 Å². The summed E-state index contributed by atoms with van der Waals surface area (Å²) in [6.07, 6.45) is 2.05. The number of fused-ring (bicyclic) bond motifs is 1. The molecule has 15 heavy (non-hydrogen) atoms. The first-order valence-corrected chi connectivity index (χ1v) is 5.12. The Balaban J connectivity index is 2.52. The van der Waals surface area contributed by atoms with Crippen molar-refractivity contribution in [1.82, 2.24) is 4.98 Å². The van der Waals surface area contributed by atoms with E-state index in [0.29, 0.717) is 11.4 Å². The summed E-state index contributed by atoms with van der Waals surface area (Å²) in [4.78, 5) is 4.24. The summed E-state index contributed by atoms with van der Waals surface area (Å²) in [5.74, 6) is 0.725. The number of hydrogen-bond acceptors (Lipinski definition) is 4. The predicted octanol–water partition coefficient (Wildman–Crippen LogP) is 0.952. The third kappa shape index (κ3) is 1.82. The monoisotopic (exact) mass is 209 g/mol. The molecule has 1 heterocycles. The van der Waals surface area contributed by atoms with Gasteiger partial charge in [-0.25, -0.2) is 0 Å². The molecule has 82 valence electrons. The van der Waals surface area contributed by atoms with Gasteiger partial charge in [0.05, 0.1) is 31.2 Å². The molecule has 1 unspecified atom stereocenters. The SMILES string of the molecule is COc1cc(CO)nc2c1CCCC2O. The number of pyridine rings is 1. The number of aliphatic hydroxyl groups excluding tert-OH is 2. The van der Waals surface area contributed by atoms with Crippen molar-refractivity contribution in [2.75, 3.05) is 7.11 Å². The third-order valence-corrected chi connectivity index (χ3v) is 2.77. The van der Waals surface area contributed by atoms with E-state index in [4.69, 9.17) is 9.84 Å². The fourth-order valence-corrected chi connectivity index (χ4v) is 2.02. The molecule has 1 atom stereocenters. The fourth-order valence-electron chi connectivity index (χ4n) is 2.02. The lowest BCUT2D eigenvalue weighted by atomic mass is 9.92. The molecule has 0 amide bonds. The summed E-state index contributed by atoms with van der Waals surface area (Å²) in [5, 5.41) is 18.8. The Hall–Kier alpha value is -1.13. The molecule has 0 saturated heterocycles. The molecule has 0 aromatic carbocycles. The maximum absolute atomic E-state index is 9.80. The van der Waals surface area contributed by atoms with Gasteiger partial charge in [-0.1, -0.05) is 0 Å². The lowest BCUT2D eigenvalue weighted by Crippen LogP contribution is -2.14. The van der Waals surface area contributed by atoms with E-state index in [-0.39, 0.29) is 6.61 Å². The molecule has 1 aliphatic carbocycles. The van der Waals surface area contributed by atoms with E-state index >= 15 is 0 Å². The highest BCUT2D eigenvalue weighted by molar-refractivity contribution is 5.40. The highest BCUT2D eigenvalue weighted by Crippen LogP contribution is 2.34. The standard InChI is InChI=1S/C11H15NO3/c1-15-10-5-7(6-13)12-11-8(10)3-2-4-9(11)14/h5,9,13-14H,2-4,6H2,1H3. The zero-order chi connectivity index (χ0) is 10.8. The first-order valence-electron chi connectivity index (χ1n) is 5.12. The number of aromatic nitrogens is 1. The molecule has 1 aliphatic rings. The van der Waals surface area contributed by atoms with Gasteiger partial charge in [-0.3, -0.25) is 4.98 Å². The number of hydrogen-bond donors (Lipinski definition) is 2. The topological polar surface area (TPSA) is 62.6 Å². The second kappa shape index (κ2) is 4.16. The van der Waals surface area contributed by atoms with Crippen molar-refractivity contribution < 1.29 is 14.9 Å². The average molecular weight is 209 g/mol. The Morgan fingerprint density at radius 2 is 2.40 bits per heavy atom. The van der Waals surface area contributed by atoms with Crippen molar-refractivity contribution in [3.8, 4) is 5.75 Å². The van der Waals surface area contributed by atoms with Crippen LogP contribution in [0.15, 0.2) is 6.07 Å². The van der Waals surface area contributed by atoms with E-state index in [1.165, 1.54) is 0 Å². The van der Waals surface area contributed by atoms with Gasteiger partial charge in [0.15, 0.2) is 0 Å². The second-order valence-corrected chi connectivity index (χ2v) is 3.75. The van der Waals surface area contributed by atoms with Gasteiger partial charge in [0, 0.05) is 11.6 Å². The van der Waals surface area contributed by atoms with E-state index in [9.17, 15) is 5.11 Å². The maximum Gasteiger partial charge on any atom is 0.125 e. The third-order valence-electron chi connectivity index (χ3n) is 2.77. The summed E-state index contributed by atoms with van der Waals surface area (Å²) < 4.78 is 5.24. The van der Waals surface area contributed by atoms with Gasteiger partial charge < -0.3 is 14.9 Å². The summed E-state index contributed by atoms with van der Waals surface area (Å²) in [6.45, 7) is -0.129. The van der Waals surface area contributed by atoms with Crippen molar-refractivity contribution in [3.05, 3.63) is 23.0 Å². The zero-order valence-electron chi connectivity index (χ0n) is 8.73. The van der Waals surface area contributed by atoms with Crippen molar-refractivity contribution in [2.45, 2.75) is 32.0 Å². The largest absolute Gasteiger partial charge is 0.496 e. The highest BCUT2D eigenvalue weighted by Gasteiger charge is 2.23. The molecule has 2 N–H and O–H groups in total. The Kier molecular flexibility index (Phi) is 2.88. The van der Waals surface area contributed by atoms with Crippen molar-refractivity contribution >= 4 is 0 Å². The van der Waals surface area contributed by atoms with Gasteiger partial charge in [0.1, 0.15) is 5.75 Å². The van der Waals surface area contributed by atoms with Crippen LogP contribution in [0.5, 0.6) is 5.75 Å². The molecular formula is C11H15NO3.